The second-order valence-electron chi connectivity index (χ2n) is 8.26. The van der Waals surface area contributed by atoms with Crippen LogP contribution in [0.2, 0.25) is 10.0 Å². The lowest BCUT2D eigenvalue weighted by atomic mass is 9.97. The molecule has 1 atom stereocenters. The number of aromatic amines is 1. The Balaban J connectivity index is 1.30. The molecule has 2 N–H and O–H groups in total. The summed E-state index contributed by atoms with van der Waals surface area (Å²) >= 11 is 12.3. The van der Waals surface area contributed by atoms with Crippen molar-refractivity contribution in [2.45, 2.75) is 12.8 Å². The third-order valence-electron chi connectivity index (χ3n) is 5.95. The van der Waals surface area contributed by atoms with Crippen LogP contribution in [0, 0.1) is 11.7 Å². The van der Waals surface area contributed by atoms with Gasteiger partial charge in [0, 0.05) is 43.0 Å². The number of aromatic nitrogens is 4. The highest BCUT2D eigenvalue weighted by atomic mass is 35.5. The zero-order valence-electron chi connectivity index (χ0n) is 18.1. The van der Waals surface area contributed by atoms with Crippen molar-refractivity contribution in [3.05, 3.63) is 70.3 Å². The summed E-state index contributed by atoms with van der Waals surface area (Å²) in [6.07, 6.45) is 6.21. The summed E-state index contributed by atoms with van der Waals surface area (Å²) in [5.41, 5.74) is 1.83. The van der Waals surface area contributed by atoms with Crippen LogP contribution >= 0.6 is 23.2 Å². The van der Waals surface area contributed by atoms with Gasteiger partial charge in [0.05, 0.1) is 21.8 Å². The van der Waals surface area contributed by atoms with Gasteiger partial charge in [-0.15, -0.1) is 0 Å². The molecule has 0 aliphatic carbocycles. The molecule has 0 bridgehead atoms. The zero-order chi connectivity index (χ0) is 23.7. The highest BCUT2D eigenvalue weighted by molar-refractivity contribution is 6.33. The molecule has 1 aromatic carbocycles. The molecule has 1 saturated heterocycles. The molecule has 5 rings (SSSR count). The molecule has 10 heteroatoms. The van der Waals surface area contributed by atoms with Gasteiger partial charge in [-0.2, -0.15) is 0 Å². The highest BCUT2D eigenvalue weighted by Crippen LogP contribution is 2.28. The molecule has 4 aromatic rings. The number of anilines is 1. The Kier molecular flexibility index (Phi) is 6.34. The quantitative estimate of drug-likeness (QED) is 0.383. The first-order chi connectivity index (χ1) is 16.5. The minimum Gasteiger partial charge on any atom is -0.367 e. The molecule has 1 aliphatic heterocycles. The van der Waals surface area contributed by atoms with Gasteiger partial charge in [0.1, 0.15) is 5.65 Å². The number of piperidine rings is 1. The third kappa shape index (κ3) is 4.56. The summed E-state index contributed by atoms with van der Waals surface area (Å²) in [4.78, 5) is 30.6. The molecule has 1 fully saturated rings. The minimum atomic E-state index is -0.542. The number of H-pyrrole nitrogens is 1. The SMILES string of the molecule is O=C(c1ccccc1Cl)N1CCC[C@@H](CNc2nc(-c3c[nH]c4ncc(Cl)cc34)ncc2F)C1. The average Bonchev–Trinajstić information content (AvgIpc) is 3.26. The van der Waals surface area contributed by atoms with Crippen LogP contribution < -0.4 is 5.32 Å². The Morgan fingerprint density at radius 1 is 1.24 bits per heavy atom. The van der Waals surface area contributed by atoms with Crippen LogP contribution in [0.3, 0.4) is 0 Å². The Labute approximate surface area is 205 Å². The van der Waals surface area contributed by atoms with Crippen molar-refractivity contribution in [3.63, 3.8) is 0 Å². The molecule has 4 heterocycles. The van der Waals surface area contributed by atoms with Crippen LogP contribution in [-0.4, -0.2) is 50.4 Å². The van der Waals surface area contributed by atoms with Gasteiger partial charge in [-0.05, 0) is 37.0 Å². The lowest BCUT2D eigenvalue weighted by Crippen LogP contribution is -2.42. The molecule has 1 aliphatic rings. The van der Waals surface area contributed by atoms with Gasteiger partial charge in [-0.3, -0.25) is 4.79 Å². The van der Waals surface area contributed by atoms with E-state index in [1.807, 2.05) is 4.90 Å². The average molecular weight is 499 g/mol. The molecule has 0 spiro atoms. The van der Waals surface area contributed by atoms with Crippen LogP contribution in [-0.2, 0) is 0 Å². The first-order valence-electron chi connectivity index (χ1n) is 10.9. The van der Waals surface area contributed by atoms with Crippen molar-refractivity contribution in [2.24, 2.45) is 5.92 Å². The number of pyridine rings is 1. The van der Waals surface area contributed by atoms with E-state index in [0.29, 0.717) is 52.3 Å². The van der Waals surface area contributed by atoms with Crippen molar-refractivity contribution in [1.82, 2.24) is 24.8 Å². The predicted octanol–water partition coefficient (Wildman–Crippen LogP) is 5.43. The number of likely N-dealkylation sites (tertiary alicyclic amines) is 1. The van der Waals surface area contributed by atoms with E-state index in [2.05, 4.69) is 25.3 Å². The first-order valence-corrected chi connectivity index (χ1v) is 11.7. The summed E-state index contributed by atoms with van der Waals surface area (Å²) in [5.74, 6) is -0.00617. The molecule has 0 saturated carbocycles. The molecule has 0 radical (unpaired) electrons. The fourth-order valence-electron chi connectivity index (χ4n) is 4.25. The molecule has 174 valence electrons. The normalized spacial score (nSPS) is 16.1. The number of carbonyl (C=O) groups excluding carboxylic acids is 1. The summed E-state index contributed by atoms with van der Waals surface area (Å²) in [6.45, 7) is 1.70. The Morgan fingerprint density at radius 3 is 2.94 bits per heavy atom. The fraction of sp³-hybridized carbons (Fsp3) is 0.250. The van der Waals surface area contributed by atoms with Crippen molar-refractivity contribution in [1.29, 1.82) is 0 Å². The summed E-state index contributed by atoms with van der Waals surface area (Å²) in [5, 5.41) is 4.80. The Hall–Kier alpha value is -3.23. The zero-order valence-corrected chi connectivity index (χ0v) is 19.6. The maximum atomic E-state index is 14.5. The number of hydrogen-bond acceptors (Lipinski definition) is 5. The number of rotatable bonds is 5. The molecule has 3 aromatic heterocycles. The maximum absolute atomic E-state index is 14.5. The van der Waals surface area contributed by atoms with Crippen molar-refractivity contribution >= 4 is 46.0 Å². The fourth-order valence-corrected chi connectivity index (χ4v) is 4.62. The molecule has 0 unspecified atom stereocenters. The number of halogens is 3. The summed E-state index contributed by atoms with van der Waals surface area (Å²) < 4.78 is 14.5. The lowest BCUT2D eigenvalue weighted by molar-refractivity contribution is 0.0680. The molecule has 1 amide bonds. The number of nitrogens with zero attached hydrogens (tertiary/aromatic N) is 4. The highest BCUT2D eigenvalue weighted by Gasteiger charge is 2.26. The number of amides is 1. The third-order valence-corrected chi connectivity index (χ3v) is 6.49. The predicted molar refractivity (Wildman–Crippen MR) is 131 cm³/mol. The van der Waals surface area contributed by atoms with Gasteiger partial charge in [0.2, 0.25) is 0 Å². The number of fused-ring (bicyclic) bond motifs is 1. The van der Waals surface area contributed by atoms with Crippen LogP contribution in [0.1, 0.15) is 23.2 Å². The van der Waals surface area contributed by atoms with E-state index in [9.17, 15) is 9.18 Å². The van der Waals surface area contributed by atoms with Gasteiger partial charge in [-0.1, -0.05) is 35.3 Å². The van der Waals surface area contributed by atoms with Gasteiger partial charge in [0.25, 0.3) is 5.91 Å². The van der Waals surface area contributed by atoms with Crippen LogP contribution in [0.4, 0.5) is 10.2 Å². The Morgan fingerprint density at radius 2 is 2.09 bits per heavy atom. The van der Waals surface area contributed by atoms with Gasteiger partial charge in [0.15, 0.2) is 17.5 Å². The van der Waals surface area contributed by atoms with E-state index in [1.54, 1.807) is 42.7 Å². The van der Waals surface area contributed by atoms with Gasteiger partial charge < -0.3 is 15.2 Å². The second kappa shape index (κ2) is 9.56. The van der Waals surface area contributed by atoms with Crippen LogP contribution in [0.25, 0.3) is 22.4 Å². The minimum absolute atomic E-state index is 0.0857. The summed E-state index contributed by atoms with van der Waals surface area (Å²) in [7, 11) is 0. The van der Waals surface area contributed by atoms with E-state index in [-0.39, 0.29) is 17.6 Å². The van der Waals surface area contributed by atoms with Gasteiger partial charge in [-0.25, -0.2) is 19.3 Å². The molecular weight excluding hydrogens is 478 g/mol. The second-order valence-corrected chi connectivity index (χ2v) is 9.11. The number of benzene rings is 1. The van der Waals surface area contributed by atoms with E-state index < -0.39 is 5.82 Å². The van der Waals surface area contributed by atoms with E-state index >= 15 is 0 Å². The summed E-state index contributed by atoms with van der Waals surface area (Å²) in [6, 6.07) is 8.81. The first kappa shape index (κ1) is 22.6. The van der Waals surface area contributed by atoms with E-state index in [0.717, 1.165) is 24.4 Å². The van der Waals surface area contributed by atoms with Gasteiger partial charge >= 0.3 is 0 Å². The van der Waals surface area contributed by atoms with Crippen LogP contribution in [0.15, 0.2) is 48.9 Å². The number of carbonyl (C=O) groups is 1. The van der Waals surface area contributed by atoms with Crippen molar-refractivity contribution in [3.8, 4) is 11.4 Å². The van der Waals surface area contributed by atoms with E-state index in [4.69, 9.17) is 23.2 Å². The standard InChI is InChI=1S/C24H21Cl2FN6O/c25-15-8-17-18(11-30-21(17)29-10-15)22-31-12-20(27)23(32-22)28-9-14-4-3-7-33(13-14)24(34)16-5-1-2-6-19(16)26/h1-2,5-6,8,10-12,14H,3-4,7,9,13H2,(H,29,30)(H,28,31,32)/t14-/m0/s1. The molecule has 34 heavy (non-hydrogen) atoms. The molecule has 7 nitrogen and oxygen atoms in total. The Bertz CT molecular complexity index is 1360. The smallest absolute Gasteiger partial charge is 0.255 e. The van der Waals surface area contributed by atoms with Crippen molar-refractivity contribution < 1.29 is 9.18 Å². The number of hydrogen-bond donors (Lipinski definition) is 2. The monoisotopic (exact) mass is 498 g/mol. The largest absolute Gasteiger partial charge is 0.367 e. The van der Waals surface area contributed by atoms with Crippen LogP contribution in [0.5, 0.6) is 0 Å². The lowest BCUT2D eigenvalue weighted by Gasteiger charge is -2.33. The van der Waals surface area contributed by atoms with E-state index in [1.165, 1.54) is 0 Å². The maximum Gasteiger partial charge on any atom is 0.255 e. The topological polar surface area (TPSA) is 86.8 Å². The number of nitrogens with one attached hydrogen (secondary N) is 2. The van der Waals surface area contributed by atoms with Crippen molar-refractivity contribution in [2.75, 3.05) is 25.0 Å². The molecular formula is C24H21Cl2FN6O.